The summed E-state index contributed by atoms with van der Waals surface area (Å²) < 4.78 is 21.6. The van der Waals surface area contributed by atoms with Crippen molar-refractivity contribution in [1.82, 2.24) is 0 Å². The Balaban J connectivity index is 1.52. The van der Waals surface area contributed by atoms with Gasteiger partial charge in [-0.25, -0.2) is 0 Å². The van der Waals surface area contributed by atoms with Crippen LogP contribution in [-0.4, -0.2) is 38.5 Å². The van der Waals surface area contributed by atoms with Gasteiger partial charge in [-0.15, -0.1) is 11.8 Å². The maximum Gasteiger partial charge on any atom is 0.316 e. The van der Waals surface area contributed by atoms with Crippen LogP contribution < -0.4 is 14.8 Å². The van der Waals surface area contributed by atoms with Gasteiger partial charge in [0.1, 0.15) is 28.9 Å². The first-order chi connectivity index (χ1) is 19.7. The van der Waals surface area contributed by atoms with Crippen LogP contribution >= 0.6 is 46.6 Å². The van der Waals surface area contributed by atoms with Gasteiger partial charge in [0.05, 0.1) is 35.0 Å². The molecule has 41 heavy (non-hydrogen) atoms. The number of nitrogens with zero attached hydrogens (tertiary/aromatic N) is 1. The third-order valence-electron chi connectivity index (χ3n) is 5.71. The molecular formula is C29H21Cl3N2O6S. The van der Waals surface area contributed by atoms with E-state index in [1.165, 1.54) is 0 Å². The summed E-state index contributed by atoms with van der Waals surface area (Å²) in [6, 6.07) is 19.4. The number of carbonyl (C=O) groups excluding carboxylic acids is 2. The minimum Gasteiger partial charge on any atom is -0.497 e. The molecule has 0 bridgehead atoms. The fraction of sp³-hybridized carbons (Fsp3) is 0.138. The Morgan fingerprint density at radius 1 is 0.902 bits per heavy atom. The molecule has 0 saturated carbocycles. The molecule has 1 amide bonds. The smallest absolute Gasteiger partial charge is 0.316 e. The number of methoxy groups -OCH3 is 2. The number of nitrogens with one attached hydrogen (secondary N) is 1. The van der Waals surface area contributed by atoms with Crippen molar-refractivity contribution in [1.29, 1.82) is 5.26 Å². The van der Waals surface area contributed by atoms with Gasteiger partial charge in [-0.1, -0.05) is 46.9 Å². The molecule has 8 nitrogen and oxygen atoms in total. The molecule has 1 N–H and O–H groups in total. The molecule has 0 spiro atoms. The summed E-state index contributed by atoms with van der Waals surface area (Å²) >= 11 is 19.2. The molecule has 4 aromatic rings. The van der Waals surface area contributed by atoms with Gasteiger partial charge in [0, 0.05) is 16.0 Å². The molecule has 0 fully saturated rings. The van der Waals surface area contributed by atoms with Crippen LogP contribution in [0.1, 0.15) is 5.56 Å². The van der Waals surface area contributed by atoms with Gasteiger partial charge >= 0.3 is 5.97 Å². The average Bonchev–Trinajstić information content (AvgIpc) is 3.36. The number of amides is 1. The topological polar surface area (TPSA) is 111 Å². The third kappa shape index (κ3) is 7.10. The Morgan fingerprint density at radius 2 is 1.51 bits per heavy atom. The Morgan fingerprint density at radius 3 is 2.10 bits per heavy atom. The lowest BCUT2D eigenvalue weighted by molar-refractivity contribution is -0.144. The summed E-state index contributed by atoms with van der Waals surface area (Å²) in [4.78, 5) is 25.5. The lowest BCUT2D eigenvalue weighted by Gasteiger charge is -2.07. The van der Waals surface area contributed by atoms with E-state index in [0.29, 0.717) is 43.9 Å². The van der Waals surface area contributed by atoms with Crippen molar-refractivity contribution in [2.75, 3.05) is 31.9 Å². The van der Waals surface area contributed by atoms with Crippen molar-refractivity contribution in [2.24, 2.45) is 0 Å². The monoisotopic (exact) mass is 630 g/mol. The Hall–Kier alpha value is -3.81. The number of rotatable bonds is 10. The largest absolute Gasteiger partial charge is 0.497 e. The summed E-state index contributed by atoms with van der Waals surface area (Å²) in [5.74, 6) is 0.0734. The van der Waals surface area contributed by atoms with Gasteiger partial charge in [-0.05, 0) is 54.1 Å². The SMILES string of the molecule is COc1ccc(-c2oc(NC(=O)COC(=O)CSc3ccc(Cl)c(Cl)c3Cl)c(C#N)c2-c2ccc(OC)cc2)cc1. The molecule has 0 saturated heterocycles. The summed E-state index contributed by atoms with van der Waals surface area (Å²) in [6.45, 7) is -0.601. The van der Waals surface area contributed by atoms with E-state index >= 15 is 0 Å². The molecule has 0 atom stereocenters. The number of ether oxygens (including phenoxy) is 3. The van der Waals surface area contributed by atoms with Crippen molar-refractivity contribution < 1.29 is 28.2 Å². The minimum atomic E-state index is -0.691. The highest BCUT2D eigenvalue weighted by atomic mass is 35.5. The van der Waals surface area contributed by atoms with Crippen molar-refractivity contribution in [2.45, 2.75) is 4.90 Å². The second-order valence-electron chi connectivity index (χ2n) is 8.25. The van der Waals surface area contributed by atoms with Gasteiger partial charge in [-0.2, -0.15) is 5.26 Å². The number of carbonyl (C=O) groups is 2. The number of hydrogen-bond donors (Lipinski definition) is 1. The van der Waals surface area contributed by atoms with Crippen molar-refractivity contribution >= 4 is 64.3 Å². The average molecular weight is 632 g/mol. The van der Waals surface area contributed by atoms with E-state index in [2.05, 4.69) is 11.4 Å². The molecule has 3 aromatic carbocycles. The number of thioether (sulfide) groups is 1. The van der Waals surface area contributed by atoms with Crippen LogP contribution in [-0.2, 0) is 14.3 Å². The van der Waals surface area contributed by atoms with Gasteiger partial charge < -0.3 is 18.6 Å². The van der Waals surface area contributed by atoms with E-state index in [9.17, 15) is 14.9 Å². The van der Waals surface area contributed by atoms with Crippen LogP contribution in [0.2, 0.25) is 15.1 Å². The maximum absolute atomic E-state index is 12.7. The zero-order chi connectivity index (χ0) is 29.5. The van der Waals surface area contributed by atoms with E-state index < -0.39 is 18.5 Å². The molecule has 0 unspecified atom stereocenters. The second-order valence-corrected chi connectivity index (χ2v) is 10.4. The third-order valence-corrected chi connectivity index (χ3v) is 8.15. The molecule has 1 heterocycles. The predicted octanol–water partition coefficient (Wildman–Crippen LogP) is 7.74. The van der Waals surface area contributed by atoms with Crippen molar-refractivity contribution in [3.63, 3.8) is 0 Å². The molecule has 0 aliphatic carbocycles. The quantitative estimate of drug-likeness (QED) is 0.108. The summed E-state index contributed by atoms with van der Waals surface area (Å²) in [5.41, 5.74) is 1.90. The second kappa shape index (κ2) is 13.7. The van der Waals surface area contributed by atoms with E-state index in [1.807, 2.05) is 0 Å². The zero-order valence-corrected chi connectivity index (χ0v) is 24.7. The van der Waals surface area contributed by atoms with Crippen LogP contribution in [0.5, 0.6) is 11.5 Å². The maximum atomic E-state index is 12.7. The van der Waals surface area contributed by atoms with E-state index in [0.717, 1.165) is 11.8 Å². The van der Waals surface area contributed by atoms with E-state index in [1.54, 1.807) is 74.9 Å². The van der Waals surface area contributed by atoms with Gasteiger partial charge in [0.25, 0.3) is 5.91 Å². The Bertz CT molecular complexity index is 1620. The van der Waals surface area contributed by atoms with Crippen LogP contribution in [0.25, 0.3) is 22.5 Å². The molecule has 0 aliphatic rings. The van der Waals surface area contributed by atoms with Gasteiger partial charge in [-0.3, -0.25) is 14.9 Å². The molecule has 210 valence electrons. The fourth-order valence-electron chi connectivity index (χ4n) is 3.71. The highest BCUT2D eigenvalue weighted by Crippen LogP contribution is 2.42. The first kappa shape index (κ1) is 30.2. The first-order valence-electron chi connectivity index (χ1n) is 11.8. The molecule has 0 radical (unpaired) electrons. The van der Waals surface area contributed by atoms with Crippen LogP contribution in [0.3, 0.4) is 0 Å². The first-order valence-corrected chi connectivity index (χ1v) is 13.9. The summed E-state index contributed by atoms with van der Waals surface area (Å²) in [6.07, 6.45) is 0. The molecule has 12 heteroatoms. The van der Waals surface area contributed by atoms with Crippen molar-refractivity contribution in [3.8, 4) is 40.0 Å². The lowest BCUT2D eigenvalue weighted by Crippen LogP contribution is -2.21. The van der Waals surface area contributed by atoms with Crippen LogP contribution in [0, 0.1) is 11.3 Å². The Labute approximate surface area is 255 Å². The molecule has 4 rings (SSSR count). The normalized spacial score (nSPS) is 10.5. The minimum absolute atomic E-state index is 0.0813. The number of anilines is 1. The summed E-state index contributed by atoms with van der Waals surface area (Å²) in [7, 11) is 3.11. The number of esters is 1. The number of furan rings is 1. The molecular weight excluding hydrogens is 611 g/mol. The number of hydrogen-bond acceptors (Lipinski definition) is 8. The van der Waals surface area contributed by atoms with Gasteiger partial charge in [0.2, 0.25) is 5.88 Å². The van der Waals surface area contributed by atoms with E-state index in [4.69, 9.17) is 53.4 Å². The Kier molecular flexibility index (Phi) is 10.1. The highest BCUT2D eigenvalue weighted by Gasteiger charge is 2.25. The molecule has 1 aromatic heterocycles. The van der Waals surface area contributed by atoms with E-state index in [-0.39, 0.29) is 27.2 Å². The fourth-order valence-corrected chi connectivity index (χ4v) is 5.22. The highest BCUT2D eigenvalue weighted by molar-refractivity contribution is 8.00. The van der Waals surface area contributed by atoms with Crippen LogP contribution in [0.4, 0.5) is 5.88 Å². The number of nitriles is 1. The van der Waals surface area contributed by atoms with Gasteiger partial charge in [0.15, 0.2) is 6.61 Å². The zero-order valence-electron chi connectivity index (χ0n) is 21.6. The number of halogens is 3. The van der Waals surface area contributed by atoms with Crippen LogP contribution in [0.15, 0.2) is 70.0 Å². The number of benzene rings is 3. The summed E-state index contributed by atoms with van der Waals surface area (Å²) in [5, 5.41) is 13.3. The molecule has 0 aliphatic heterocycles. The lowest BCUT2D eigenvalue weighted by atomic mass is 9.98. The predicted molar refractivity (Wildman–Crippen MR) is 159 cm³/mol. The van der Waals surface area contributed by atoms with Crippen molar-refractivity contribution in [3.05, 3.63) is 81.3 Å². The standard InChI is InChI=1S/C29H21Cl3N2O6S/c1-37-18-7-3-16(4-8-18)25-20(13-33)29(40-28(25)17-5-9-19(38-2)10-6-17)34-23(35)14-39-24(36)15-41-22-12-11-21(30)26(31)27(22)32/h3-12H,14-15H2,1-2H3,(H,34,35).